The first kappa shape index (κ1) is 20.0. The molecule has 1 amide bonds. The van der Waals surface area contributed by atoms with Crippen molar-refractivity contribution in [2.75, 3.05) is 18.4 Å². The van der Waals surface area contributed by atoms with E-state index in [4.69, 9.17) is 0 Å². The number of hydrogen-bond donors (Lipinski definition) is 1. The van der Waals surface area contributed by atoms with Crippen LogP contribution in [-0.2, 0) is 20.2 Å². The third-order valence-electron chi connectivity index (χ3n) is 4.93. The van der Waals surface area contributed by atoms with Gasteiger partial charge in [0, 0.05) is 24.7 Å². The zero-order chi connectivity index (χ0) is 19.7. The SMILES string of the molecule is CC(C)(C)c1ccc(NC(=O)C2CCN(S(=O)(=O)c3cccs3)CC2)cc1. The highest BCUT2D eigenvalue weighted by molar-refractivity contribution is 7.91. The molecule has 0 spiro atoms. The Morgan fingerprint density at radius 1 is 1.11 bits per heavy atom. The minimum absolute atomic E-state index is 0.0355. The summed E-state index contributed by atoms with van der Waals surface area (Å²) < 4.78 is 27.0. The molecule has 1 aliphatic heterocycles. The molecule has 7 heteroatoms. The van der Waals surface area contributed by atoms with E-state index in [2.05, 4.69) is 26.1 Å². The summed E-state index contributed by atoms with van der Waals surface area (Å²) in [6.07, 6.45) is 1.08. The highest BCUT2D eigenvalue weighted by Gasteiger charge is 2.32. The van der Waals surface area contributed by atoms with Crippen LogP contribution in [0.3, 0.4) is 0 Å². The molecule has 0 aliphatic carbocycles. The summed E-state index contributed by atoms with van der Waals surface area (Å²) in [5.74, 6) is -0.200. The Morgan fingerprint density at radius 3 is 2.26 bits per heavy atom. The second kappa shape index (κ2) is 7.73. The Bertz CT molecular complexity index is 874. The van der Waals surface area contributed by atoms with Crippen molar-refractivity contribution >= 4 is 33.0 Å². The van der Waals surface area contributed by atoms with Gasteiger partial charge in [0.1, 0.15) is 4.21 Å². The van der Waals surface area contributed by atoms with Crippen LogP contribution in [-0.4, -0.2) is 31.7 Å². The van der Waals surface area contributed by atoms with Crippen molar-refractivity contribution in [1.82, 2.24) is 4.31 Å². The fourth-order valence-electron chi connectivity index (χ4n) is 3.19. The van der Waals surface area contributed by atoms with Crippen LogP contribution >= 0.6 is 11.3 Å². The van der Waals surface area contributed by atoms with Gasteiger partial charge in [-0.25, -0.2) is 8.42 Å². The molecule has 0 atom stereocenters. The van der Waals surface area contributed by atoms with E-state index in [1.807, 2.05) is 24.3 Å². The largest absolute Gasteiger partial charge is 0.326 e. The number of rotatable bonds is 4. The zero-order valence-electron chi connectivity index (χ0n) is 15.9. The molecule has 1 aliphatic rings. The average molecular weight is 407 g/mol. The van der Waals surface area contributed by atoms with Crippen molar-refractivity contribution in [2.45, 2.75) is 43.2 Å². The van der Waals surface area contributed by atoms with Crippen LogP contribution in [0.25, 0.3) is 0 Å². The van der Waals surface area contributed by atoms with Gasteiger partial charge in [0.05, 0.1) is 0 Å². The zero-order valence-corrected chi connectivity index (χ0v) is 17.6. The smallest absolute Gasteiger partial charge is 0.252 e. The van der Waals surface area contributed by atoms with E-state index >= 15 is 0 Å². The van der Waals surface area contributed by atoms with Gasteiger partial charge in [-0.05, 0) is 47.4 Å². The molecule has 1 saturated heterocycles. The predicted molar refractivity (Wildman–Crippen MR) is 110 cm³/mol. The maximum absolute atomic E-state index is 12.6. The molecule has 5 nitrogen and oxygen atoms in total. The Labute approximate surface area is 165 Å². The molecule has 0 unspecified atom stereocenters. The number of sulfonamides is 1. The second-order valence-electron chi connectivity index (χ2n) is 7.93. The average Bonchev–Trinajstić information content (AvgIpc) is 3.17. The first-order valence-corrected chi connectivity index (χ1v) is 11.4. The van der Waals surface area contributed by atoms with Crippen LogP contribution in [0, 0.1) is 5.92 Å². The summed E-state index contributed by atoms with van der Waals surface area (Å²) in [6, 6.07) is 11.3. The van der Waals surface area contributed by atoms with Gasteiger partial charge in [0.25, 0.3) is 10.0 Å². The fraction of sp³-hybridized carbons (Fsp3) is 0.450. The number of hydrogen-bond acceptors (Lipinski definition) is 4. The van der Waals surface area contributed by atoms with Crippen LogP contribution in [0.1, 0.15) is 39.2 Å². The van der Waals surface area contributed by atoms with Gasteiger partial charge in [-0.15, -0.1) is 11.3 Å². The van der Waals surface area contributed by atoms with Crippen molar-refractivity contribution in [1.29, 1.82) is 0 Å². The van der Waals surface area contributed by atoms with E-state index in [1.165, 1.54) is 21.2 Å². The molecule has 2 heterocycles. The lowest BCUT2D eigenvalue weighted by Gasteiger charge is -2.30. The third-order valence-corrected chi connectivity index (χ3v) is 8.20. The molecule has 146 valence electrons. The van der Waals surface area contributed by atoms with Crippen molar-refractivity contribution in [2.24, 2.45) is 5.92 Å². The molecule has 3 rings (SSSR count). The number of nitrogens with zero attached hydrogens (tertiary/aromatic N) is 1. The maximum atomic E-state index is 12.6. The van der Waals surface area contributed by atoms with Gasteiger partial charge in [-0.2, -0.15) is 4.31 Å². The quantitative estimate of drug-likeness (QED) is 0.832. The number of nitrogens with one attached hydrogen (secondary N) is 1. The summed E-state index contributed by atoms with van der Waals surface area (Å²) in [7, 11) is -3.43. The normalized spacial score (nSPS) is 17.0. The first-order valence-electron chi connectivity index (χ1n) is 9.13. The molecule has 1 aromatic carbocycles. The fourth-order valence-corrected chi connectivity index (χ4v) is 5.81. The summed E-state index contributed by atoms with van der Waals surface area (Å²) in [5, 5.41) is 4.73. The van der Waals surface area contributed by atoms with Crippen LogP contribution in [0.2, 0.25) is 0 Å². The Hall–Kier alpha value is -1.70. The summed E-state index contributed by atoms with van der Waals surface area (Å²) >= 11 is 1.23. The van der Waals surface area contributed by atoms with E-state index in [1.54, 1.807) is 17.5 Å². The van der Waals surface area contributed by atoms with Crippen molar-refractivity contribution in [3.8, 4) is 0 Å². The van der Waals surface area contributed by atoms with E-state index in [0.717, 1.165) is 5.69 Å². The number of carbonyl (C=O) groups excluding carboxylic acids is 1. The molecule has 0 bridgehead atoms. The first-order chi connectivity index (χ1) is 12.7. The van der Waals surface area contributed by atoms with Crippen LogP contribution in [0.5, 0.6) is 0 Å². The molecular weight excluding hydrogens is 380 g/mol. The highest BCUT2D eigenvalue weighted by Crippen LogP contribution is 2.28. The standard InChI is InChI=1S/C20H26N2O3S2/c1-20(2,3)16-6-8-17(9-7-16)21-19(23)15-10-12-22(13-11-15)27(24,25)18-5-4-14-26-18/h4-9,14-15H,10-13H2,1-3H3,(H,21,23). The van der Waals surface area contributed by atoms with E-state index in [0.29, 0.717) is 30.1 Å². The number of anilines is 1. The van der Waals surface area contributed by atoms with Gasteiger partial charge in [-0.1, -0.05) is 39.0 Å². The molecule has 1 fully saturated rings. The number of benzene rings is 1. The Kier molecular flexibility index (Phi) is 5.74. The maximum Gasteiger partial charge on any atom is 0.252 e. The summed E-state index contributed by atoms with van der Waals surface area (Å²) in [4.78, 5) is 12.6. The monoisotopic (exact) mass is 406 g/mol. The van der Waals surface area contributed by atoms with E-state index < -0.39 is 10.0 Å². The lowest BCUT2D eigenvalue weighted by atomic mass is 9.87. The summed E-state index contributed by atoms with van der Waals surface area (Å²) in [5.41, 5.74) is 2.07. The predicted octanol–water partition coefficient (Wildman–Crippen LogP) is 4.09. The lowest BCUT2D eigenvalue weighted by Crippen LogP contribution is -2.41. The van der Waals surface area contributed by atoms with E-state index in [-0.39, 0.29) is 17.2 Å². The lowest BCUT2D eigenvalue weighted by molar-refractivity contribution is -0.120. The van der Waals surface area contributed by atoms with Crippen molar-refractivity contribution < 1.29 is 13.2 Å². The molecule has 27 heavy (non-hydrogen) atoms. The molecular formula is C20H26N2O3S2. The topological polar surface area (TPSA) is 66.5 Å². The molecule has 0 radical (unpaired) electrons. The minimum atomic E-state index is -3.43. The second-order valence-corrected chi connectivity index (χ2v) is 11.0. The number of amides is 1. The third kappa shape index (κ3) is 4.59. The Morgan fingerprint density at radius 2 is 1.74 bits per heavy atom. The van der Waals surface area contributed by atoms with Crippen molar-refractivity contribution in [3.05, 3.63) is 47.3 Å². The highest BCUT2D eigenvalue weighted by atomic mass is 32.2. The van der Waals surface area contributed by atoms with Gasteiger partial charge in [0.15, 0.2) is 0 Å². The molecule has 1 aromatic heterocycles. The molecule has 0 saturated carbocycles. The van der Waals surface area contributed by atoms with Gasteiger partial charge in [0.2, 0.25) is 5.91 Å². The number of thiophene rings is 1. The van der Waals surface area contributed by atoms with Crippen molar-refractivity contribution in [3.63, 3.8) is 0 Å². The molecule has 1 N–H and O–H groups in total. The van der Waals surface area contributed by atoms with E-state index in [9.17, 15) is 13.2 Å². The number of carbonyl (C=O) groups is 1. The van der Waals surface area contributed by atoms with Crippen LogP contribution < -0.4 is 5.32 Å². The number of piperidine rings is 1. The van der Waals surface area contributed by atoms with Gasteiger partial charge in [-0.3, -0.25) is 4.79 Å². The van der Waals surface area contributed by atoms with Gasteiger partial charge >= 0.3 is 0 Å². The minimum Gasteiger partial charge on any atom is -0.326 e. The van der Waals surface area contributed by atoms with Crippen LogP contribution in [0.15, 0.2) is 46.0 Å². The summed E-state index contributed by atoms with van der Waals surface area (Å²) in [6.45, 7) is 7.21. The van der Waals surface area contributed by atoms with Crippen LogP contribution in [0.4, 0.5) is 5.69 Å². The van der Waals surface area contributed by atoms with Gasteiger partial charge < -0.3 is 5.32 Å². The molecule has 2 aromatic rings. The Balaban J connectivity index is 1.57.